The molecule has 2 N–H and O–H groups in total. The fourth-order valence-electron chi connectivity index (χ4n) is 2.42. The van der Waals surface area contributed by atoms with Crippen LogP contribution in [0, 0.1) is 6.92 Å². The van der Waals surface area contributed by atoms with Crippen LogP contribution in [-0.4, -0.2) is 17.2 Å². The number of nitrogens with zero attached hydrogens (tertiary/aromatic N) is 1. The highest BCUT2D eigenvalue weighted by Gasteiger charge is 2.08. The molecule has 0 atom stereocenters. The zero-order valence-electron chi connectivity index (χ0n) is 12.7. The summed E-state index contributed by atoms with van der Waals surface area (Å²) in [4.78, 5) is 12.3. The zero-order chi connectivity index (χ0) is 16.2. The van der Waals surface area contributed by atoms with Crippen molar-refractivity contribution in [1.82, 2.24) is 5.43 Å². The lowest BCUT2D eigenvalue weighted by Crippen LogP contribution is -2.17. The topological polar surface area (TPSA) is 61.7 Å². The van der Waals surface area contributed by atoms with Crippen molar-refractivity contribution in [3.63, 3.8) is 0 Å². The fourth-order valence-corrected chi connectivity index (χ4v) is 2.42. The normalized spacial score (nSPS) is 11.0. The van der Waals surface area contributed by atoms with Crippen molar-refractivity contribution in [3.05, 3.63) is 77.4 Å². The van der Waals surface area contributed by atoms with E-state index in [0.717, 1.165) is 16.3 Å². The van der Waals surface area contributed by atoms with E-state index in [0.29, 0.717) is 11.1 Å². The molecule has 0 aliphatic carbocycles. The number of rotatable bonds is 3. The van der Waals surface area contributed by atoms with Gasteiger partial charge >= 0.3 is 0 Å². The van der Waals surface area contributed by atoms with Crippen molar-refractivity contribution < 1.29 is 9.90 Å². The molecule has 4 heteroatoms. The number of nitrogens with one attached hydrogen (secondary N) is 1. The largest absolute Gasteiger partial charge is 0.507 e. The van der Waals surface area contributed by atoms with Gasteiger partial charge in [-0.25, -0.2) is 5.43 Å². The van der Waals surface area contributed by atoms with Gasteiger partial charge in [-0.15, -0.1) is 0 Å². The van der Waals surface area contributed by atoms with Gasteiger partial charge in [-0.1, -0.05) is 48.0 Å². The van der Waals surface area contributed by atoms with Crippen LogP contribution in [0.1, 0.15) is 21.5 Å². The van der Waals surface area contributed by atoms with E-state index in [1.54, 1.807) is 24.3 Å². The average Bonchev–Trinajstić information content (AvgIpc) is 2.57. The second-order valence-electron chi connectivity index (χ2n) is 5.29. The van der Waals surface area contributed by atoms with Crippen LogP contribution in [0.2, 0.25) is 0 Å². The maximum absolute atomic E-state index is 12.3. The first-order valence-corrected chi connectivity index (χ1v) is 7.26. The maximum Gasteiger partial charge on any atom is 0.271 e. The number of hydrogen-bond donors (Lipinski definition) is 2. The summed E-state index contributed by atoms with van der Waals surface area (Å²) in [5.74, 6) is -0.163. The number of hydrazone groups is 1. The molecular formula is C19H16N2O2. The van der Waals surface area contributed by atoms with Crippen LogP contribution < -0.4 is 5.43 Å². The fraction of sp³-hybridized carbons (Fsp3) is 0.0526. The number of carbonyl (C=O) groups excluding carboxylic acids is 1. The third-order valence-corrected chi connectivity index (χ3v) is 3.59. The van der Waals surface area contributed by atoms with Gasteiger partial charge in [0.15, 0.2) is 0 Å². The number of amides is 1. The minimum Gasteiger partial charge on any atom is -0.507 e. The quantitative estimate of drug-likeness (QED) is 0.573. The molecule has 3 rings (SSSR count). The van der Waals surface area contributed by atoms with Gasteiger partial charge in [-0.05, 0) is 35.9 Å². The van der Waals surface area contributed by atoms with Gasteiger partial charge in [0.2, 0.25) is 0 Å². The molecule has 0 saturated heterocycles. The minimum atomic E-state index is -0.287. The number of aromatic hydroxyl groups is 1. The Morgan fingerprint density at radius 3 is 2.74 bits per heavy atom. The first-order valence-electron chi connectivity index (χ1n) is 7.26. The molecule has 0 fully saturated rings. The first-order chi connectivity index (χ1) is 11.1. The van der Waals surface area contributed by atoms with Crippen LogP contribution in [0.3, 0.4) is 0 Å². The molecule has 3 aromatic rings. The monoisotopic (exact) mass is 304 g/mol. The van der Waals surface area contributed by atoms with E-state index in [-0.39, 0.29) is 11.7 Å². The van der Waals surface area contributed by atoms with Gasteiger partial charge in [0.25, 0.3) is 5.91 Å². The highest BCUT2D eigenvalue weighted by molar-refractivity contribution is 6.07. The van der Waals surface area contributed by atoms with Crippen LogP contribution in [0.15, 0.2) is 65.8 Å². The smallest absolute Gasteiger partial charge is 0.271 e. The van der Waals surface area contributed by atoms with Crippen molar-refractivity contribution in [2.45, 2.75) is 6.92 Å². The van der Waals surface area contributed by atoms with E-state index in [2.05, 4.69) is 10.5 Å². The molecule has 4 nitrogen and oxygen atoms in total. The Kier molecular flexibility index (Phi) is 4.06. The van der Waals surface area contributed by atoms with Gasteiger partial charge in [0.1, 0.15) is 5.75 Å². The average molecular weight is 304 g/mol. The van der Waals surface area contributed by atoms with Gasteiger partial charge in [0, 0.05) is 11.1 Å². The van der Waals surface area contributed by atoms with Crippen molar-refractivity contribution in [2.24, 2.45) is 5.10 Å². The highest BCUT2D eigenvalue weighted by Crippen LogP contribution is 2.18. The molecule has 1 amide bonds. The van der Waals surface area contributed by atoms with Gasteiger partial charge in [-0.2, -0.15) is 5.10 Å². The summed E-state index contributed by atoms with van der Waals surface area (Å²) >= 11 is 0. The van der Waals surface area contributed by atoms with E-state index in [9.17, 15) is 9.90 Å². The number of hydrogen-bond acceptors (Lipinski definition) is 3. The third-order valence-electron chi connectivity index (χ3n) is 3.59. The summed E-state index contributed by atoms with van der Waals surface area (Å²) in [6.45, 7) is 1.92. The zero-order valence-corrected chi connectivity index (χ0v) is 12.7. The molecule has 0 aromatic heterocycles. The third kappa shape index (κ3) is 3.21. The number of fused-ring (bicyclic) bond motifs is 1. The lowest BCUT2D eigenvalue weighted by Gasteiger charge is -2.05. The predicted molar refractivity (Wildman–Crippen MR) is 91.9 cm³/mol. The molecule has 0 radical (unpaired) electrons. The summed E-state index contributed by atoms with van der Waals surface area (Å²) in [6, 6.07) is 18.5. The Labute approximate surface area is 134 Å². The van der Waals surface area contributed by atoms with E-state index < -0.39 is 0 Å². The number of carbonyl (C=O) groups is 1. The van der Waals surface area contributed by atoms with Crippen molar-refractivity contribution in [3.8, 4) is 5.75 Å². The Hall–Kier alpha value is -3.14. The maximum atomic E-state index is 12.3. The van der Waals surface area contributed by atoms with Crippen LogP contribution in [0.4, 0.5) is 0 Å². The predicted octanol–water partition coefficient (Wildman–Crippen LogP) is 3.62. The van der Waals surface area contributed by atoms with Gasteiger partial charge in [0.05, 0.1) is 6.21 Å². The number of phenolic OH excluding ortho intramolecular Hbond substituents is 1. The molecule has 0 unspecified atom stereocenters. The Morgan fingerprint density at radius 1 is 1.09 bits per heavy atom. The van der Waals surface area contributed by atoms with E-state index in [4.69, 9.17) is 0 Å². The Bertz CT molecular complexity index is 896. The first kappa shape index (κ1) is 14.8. The molecule has 0 aliphatic rings. The SMILES string of the molecule is Cc1ccc(O)c(C=NNC(=O)c2cccc3ccccc23)c1. The van der Waals surface area contributed by atoms with E-state index in [1.807, 2.05) is 43.3 Å². The van der Waals surface area contributed by atoms with Crippen LogP contribution in [-0.2, 0) is 0 Å². The molecule has 0 bridgehead atoms. The van der Waals surface area contributed by atoms with Gasteiger partial charge < -0.3 is 5.11 Å². The summed E-state index contributed by atoms with van der Waals surface area (Å²) in [5.41, 5.74) is 4.63. The van der Waals surface area contributed by atoms with Crippen LogP contribution in [0.5, 0.6) is 5.75 Å². The summed E-state index contributed by atoms with van der Waals surface area (Å²) in [6.07, 6.45) is 1.44. The van der Waals surface area contributed by atoms with Crippen molar-refractivity contribution >= 4 is 22.9 Å². The summed E-state index contributed by atoms with van der Waals surface area (Å²) in [7, 11) is 0. The van der Waals surface area contributed by atoms with Crippen molar-refractivity contribution in [1.29, 1.82) is 0 Å². The molecular weight excluding hydrogens is 288 g/mol. The standard InChI is InChI=1S/C19H16N2O2/c1-13-9-10-18(22)15(11-13)12-20-21-19(23)17-8-4-6-14-5-2-3-7-16(14)17/h2-12,22H,1H3,(H,21,23). The summed E-state index contributed by atoms with van der Waals surface area (Å²) in [5, 5.41) is 15.6. The molecule has 114 valence electrons. The lowest BCUT2D eigenvalue weighted by molar-refractivity contribution is 0.0957. The molecule has 0 saturated carbocycles. The Balaban J connectivity index is 1.81. The number of aryl methyl sites for hydroxylation is 1. The van der Waals surface area contributed by atoms with Crippen LogP contribution in [0.25, 0.3) is 10.8 Å². The second kappa shape index (κ2) is 6.32. The number of phenols is 1. The Morgan fingerprint density at radius 2 is 1.87 bits per heavy atom. The minimum absolute atomic E-state index is 0.124. The molecule has 23 heavy (non-hydrogen) atoms. The van der Waals surface area contributed by atoms with E-state index >= 15 is 0 Å². The lowest BCUT2D eigenvalue weighted by atomic mass is 10.0. The highest BCUT2D eigenvalue weighted by atomic mass is 16.3. The van der Waals surface area contributed by atoms with Gasteiger partial charge in [-0.3, -0.25) is 4.79 Å². The van der Waals surface area contributed by atoms with Crippen molar-refractivity contribution in [2.75, 3.05) is 0 Å². The molecule has 0 heterocycles. The molecule has 0 aliphatic heterocycles. The van der Waals surface area contributed by atoms with E-state index in [1.165, 1.54) is 6.21 Å². The summed E-state index contributed by atoms with van der Waals surface area (Å²) < 4.78 is 0. The van der Waals surface area contributed by atoms with Crippen LogP contribution >= 0.6 is 0 Å². The second-order valence-corrected chi connectivity index (χ2v) is 5.29. The number of benzene rings is 3. The molecule has 3 aromatic carbocycles. The molecule has 0 spiro atoms.